The van der Waals surface area contributed by atoms with Crippen molar-refractivity contribution in [3.8, 4) is 17.0 Å². The van der Waals surface area contributed by atoms with Crippen molar-refractivity contribution >= 4 is 17.5 Å². The minimum absolute atomic E-state index is 0.339. The number of rotatable bonds is 7. The molecule has 0 radical (unpaired) electrons. The fourth-order valence-electron chi connectivity index (χ4n) is 3.09. The van der Waals surface area contributed by atoms with Crippen molar-refractivity contribution in [2.45, 2.75) is 13.0 Å². The average Bonchev–Trinajstić information content (AvgIpc) is 3.22. The largest absolute Gasteiger partial charge is 0.497 e. The van der Waals surface area contributed by atoms with Gasteiger partial charge in [-0.25, -0.2) is 18.7 Å². The van der Waals surface area contributed by atoms with E-state index < -0.39 is 17.7 Å². The van der Waals surface area contributed by atoms with Crippen LogP contribution in [0.4, 0.5) is 26.2 Å². The third kappa shape index (κ3) is 4.77. The Hall–Kier alpha value is -4.01. The van der Waals surface area contributed by atoms with Gasteiger partial charge in [-0.3, -0.25) is 5.10 Å². The number of nitrogens with zero attached hydrogens (tertiary/aromatic N) is 3. The second-order valence-corrected chi connectivity index (χ2v) is 6.84. The zero-order chi connectivity index (χ0) is 21.8. The molecule has 2 aromatic heterocycles. The minimum atomic E-state index is -0.616. The van der Waals surface area contributed by atoms with E-state index in [9.17, 15) is 8.78 Å². The highest BCUT2D eigenvalue weighted by Gasteiger charge is 2.13. The molecule has 1 unspecified atom stereocenters. The first kappa shape index (κ1) is 20.3. The van der Waals surface area contributed by atoms with E-state index in [-0.39, 0.29) is 0 Å². The third-order valence-electron chi connectivity index (χ3n) is 4.70. The lowest BCUT2D eigenvalue weighted by molar-refractivity contribution is 0.415. The molecule has 4 aromatic rings. The summed E-state index contributed by atoms with van der Waals surface area (Å²) in [6, 6.07) is 14.2. The van der Waals surface area contributed by atoms with Gasteiger partial charge in [-0.1, -0.05) is 6.07 Å². The second-order valence-electron chi connectivity index (χ2n) is 6.84. The van der Waals surface area contributed by atoms with Gasteiger partial charge in [-0.05, 0) is 42.8 Å². The van der Waals surface area contributed by atoms with Crippen molar-refractivity contribution in [1.82, 2.24) is 20.2 Å². The molecule has 7 nitrogen and oxygen atoms in total. The van der Waals surface area contributed by atoms with Crippen LogP contribution >= 0.6 is 0 Å². The van der Waals surface area contributed by atoms with Crippen LogP contribution in [0.5, 0.6) is 5.75 Å². The van der Waals surface area contributed by atoms with Crippen LogP contribution in [0.2, 0.25) is 0 Å². The molecule has 0 fully saturated rings. The monoisotopic (exact) mass is 422 g/mol. The van der Waals surface area contributed by atoms with Gasteiger partial charge in [0.15, 0.2) is 5.82 Å². The van der Waals surface area contributed by atoms with Crippen LogP contribution < -0.4 is 15.4 Å². The summed E-state index contributed by atoms with van der Waals surface area (Å²) in [6.07, 6.45) is 1.38. The quantitative estimate of drug-likeness (QED) is 0.385. The van der Waals surface area contributed by atoms with Gasteiger partial charge in [0, 0.05) is 23.8 Å². The van der Waals surface area contributed by atoms with Crippen LogP contribution in [0.1, 0.15) is 18.5 Å². The molecule has 4 rings (SSSR count). The number of aromatic nitrogens is 4. The molecule has 0 aliphatic rings. The fraction of sp³-hybridized carbons (Fsp3) is 0.136. The Morgan fingerprint density at radius 2 is 1.71 bits per heavy atom. The molecular formula is C22H20F2N6O. The number of anilines is 3. The summed E-state index contributed by atoms with van der Waals surface area (Å²) in [4.78, 5) is 8.36. The van der Waals surface area contributed by atoms with Gasteiger partial charge in [0.1, 0.15) is 35.3 Å². The lowest BCUT2D eigenvalue weighted by Gasteiger charge is -2.16. The van der Waals surface area contributed by atoms with Gasteiger partial charge in [0.2, 0.25) is 0 Å². The summed E-state index contributed by atoms with van der Waals surface area (Å²) in [5.41, 5.74) is 2.13. The first-order valence-electron chi connectivity index (χ1n) is 9.52. The summed E-state index contributed by atoms with van der Waals surface area (Å²) in [5, 5.41) is 13.4. The van der Waals surface area contributed by atoms with Gasteiger partial charge < -0.3 is 15.4 Å². The molecule has 0 spiro atoms. The van der Waals surface area contributed by atoms with E-state index in [1.54, 1.807) is 20.1 Å². The highest BCUT2D eigenvalue weighted by atomic mass is 19.1. The molecular weight excluding hydrogens is 402 g/mol. The molecule has 0 aliphatic heterocycles. The number of benzene rings is 2. The number of H-pyrrole nitrogens is 1. The SMILES string of the molecule is COc1ccc(-c2cc(Nc3cc(NC(C)c4ccc(F)cc4F)ncn3)n[nH]2)cc1. The zero-order valence-electron chi connectivity index (χ0n) is 16.9. The zero-order valence-corrected chi connectivity index (χ0v) is 16.9. The first-order valence-corrected chi connectivity index (χ1v) is 9.52. The number of methoxy groups -OCH3 is 1. The van der Waals surface area contributed by atoms with Crippen molar-refractivity contribution in [3.05, 3.63) is 78.1 Å². The molecule has 2 aromatic carbocycles. The maximum Gasteiger partial charge on any atom is 0.153 e. The summed E-state index contributed by atoms with van der Waals surface area (Å²) < 4.78 is 32.3. The van der Waals surface area contributed by atoms with Crippen LogP contribution in [-0.2, 0) is 0 Å². The Balaban J connectivity index is 1.45. The van der Waals surface area contributed by atoms with Crippen molar-refractivity contribution < 1.29 is 13.5 Å². The number of nitrogens with one attached hydrogen (secondary N) is 3. The molecule has 0 saturated heterocycles. The maximum atomic E-state index is 14.0. The van der Waals surface area contributed by atoms with Gasteiger partial charge in [-0.2, -0.15) is 5.10 Å². The Kier molecular flexibility index (Phi) is 5.74. The predicted molar refractivity (Wildman–Crippen MR) is 114 cm³/mol. The van der Waals surface area contributed by atoms with Crippen molar-refractivity contribution in [2.24, 2.45) is 0 Å². The molecule has 0 saturated carbocycles. The summed E-state index contributed by atoms with van der Waals surface area (Å²) in [5.74, 6) is 1.12. The third-order valence-corrected chi connectivity index (χ3v) is 4.70. The summed E-state index contributed by atoms with van der Waals surface area (Å²) >= 11 is 0. The summed E-state index contributed by atoms with van der Waals surface area (Å²) in [6.45, 7) is 1.76. The normalized spacial score (nSPS) is 11.7. The molecule has 158 valence electrons. The number of hydrogen-bond acceptors (Lipinski definition) is 6. The maximum absolute atomic E-state index is 14.0. The van der Waals surface area contributed by atoms with Crippen molar-refractivity contribution in [3.63, 3.8) is 0 Å². The van der Waals surface area contributed by atoms with E-state index >= 15 is 0 Å². The minimum Gasteiger partial charge on any atom is -0.497 e. The van der Waals surface area contributed by atoms with E-state index in [4.69, 9.17) is 4.74 Å². The lowest BCUT2D eigenvalue weighted by atomic mass is 10.1. The predicted octanol–water partition coefficient (Wildman–Crippen LogP) is 5.07. The average molecular weight is 422 g/mol. The van der Waals surface area contributed by atoms with Gasteiger partial charge in [0.25, 0.3) is 0 Å². The molecule has 0 amide bonds. The van der Waals surface area contributed by atoms with Crippen LogP contribution in [-0.4, -0.2) is 27.3 Å². The molecule has 9 heteroatoms. The van der Waals surface area contributed by atoms with Gasteiger partial charge in [-0.15, -0.1) is 0 Å². The molecule has 3 N–H and O–H groups in total. The molecule has 31 heavy (non-hydrogen) atoms. The second kappa shape index (κ2) is 8.78. The Morgan fingerprint density at radius 3 is 2.45 bits per heavy atom. The smallest absolute Gasteiger partial charge is 0.153 e. The van der Waals surface area contributed by atoms with E-state index in [0.717, 1.165) is 23.1 Å². The number of hydrogen-bond donors (Lipinski definition) is 3. The van der Waals surface area contributed by atoms with Crippen LogP contribution in [0.3, 0.4) is 0 Å². The lowest BCUT2D eigenvalue weighted by Crippen LogP contribution is -2.10. The Morgan fingerprint density at radius 1 is 0.935 bits per heavy atom. The fourth-order valence-corrected chi connectivity index (χ4v) is 3.09. The van der Waals surface area contributed by atoms with Gasteiger partial charge in [0.05, 0.1) is 18.8 Å². The summed E-state index contributed by atoms with van der Waals surface area (Å²) in [7, 11) is 1.62. The van der Waals surface area contributed by atoms with Gasteiger partial charge >= 0.3 is 0 Å². The highest BCUT2D eigenvalue weighted by Crippen LogP contribution is 2.25. The first-order chi connectivity index (χ1) is 15.0. The van der Waals surface area contributed by atoms with Crippen LogP contribution in [0, 0.1) is 11.6 Å². The standard InChI is InChI=1S/C22H20F2N6O/c1-13(17-8-5-15(23)9-18(17)24)27-20-11-21(26-12-25-20)28-22-10-19(29-30-22)14-3-6-16(31-2)7-4-14/h3-13H,1-2H3,(H3,25,26,27,28,29,30). The Bertz CT molecular complexity index is 1180. The van der Waals surface area contributed by atoms with E-state index in [2.05, 4.69) is 30.8 Å². The van der Waals surface area contributed by atoms with E-state index in [1.165, 1.54) is 18.5 Å². The molecule has 0 aliphatic carbocycles. The van der Waals surface area contributed by atoms with Crippen LogP contribution in [0.25, 0.3) is 11.3 Å². The van der Waals surface area contributed by atoms with E-state index in [0.29, 0.717) is 23.0 Å². The van der Waals surface area contributed by atoms with Crippen LogP contribution in [0.15, 0.2) is 60.9 Å². The molecule has 1 atom stereocenters. The number of aromatic amines is 1. The highest BCUT2D eigenvalue weighted by molar-refractivity contribution is 5.66. The van der Waals surface area contributed by atoms with E-state index in [1.807, 2.05) is 30.3 Å². The number of ether oxygens (including phenoxy) is 1. The van der Waals surface area contributed by atoms with Crippen molar-refractivity contribution in [2.75, 3.05) is 17.7 Å². The number of halogens is 2. The molecule has 0 bridgehead atoms. The topological polar surface area (TPSA) is 87.8 Å². The van der Waals surface area contributed by atoms with Crippen molar-refractivity contribution in [1.29, 1.82) is 0 Å². The molecule has 2 heterocycles. The Labute approximate surface area is 177 Å².